The van der Waals surface area contributed by atoms with Crippen LogP contribution in [-0.4, -0.2) is 54.3 Å². The standard InChI is InChI=1S/C29H36O7/c1-14-17-9-20-28(4,18(17)10-19(33-6)23(14)16-7-8-34-12-16)26(32)24-25-27(3,13-35-24)22(36-15(2)30)11-21(31)29(20,25)5/h7-8,10,12,20-22,24-26,31-32H,9,11,13H2,1-6H3/t20-,21-,22+,24+,25-,26+,27+,28-,29-/m0/s1. The highest BCUT2D eigenvalue weighted by atomic mass is 16.6. The molecule has 0 bridgehead atoms. The first-order valence-electron chi connectivity index (χ1n) is 12.9. The number of carbonyl (C=O) groups excluding carboxylic acids is 1. The van der Waals surface area contributed by atoms with E-state index in [1.165, 1.54) is 12.5 Å². The second-order valence-electron chi connectivity index (χ2n) is 12.1. The van der Waals surface area contributed by atoms with E-state index >= 15 is 0 Å². The smallest absolute Gasteiger partial charge is 0.302 e. The van der Waals surface area contributed by atoms with Crippen LogP contribution < -0.4 is 4.74 Å². The zero-order chi connectivity index (χ0) is 25.8. The fourth-order valence-electron chi connectivity index (χ4n) is 8.91. The van der Waals surface area contributed by atoms with Gasteiger partial charge in [-0.05, 0) is 48.1 Å². The molecule has 1 aliphatic heterocycles. The molecule has 4 aliphatic rings. The largest absolute Gasteiger partial charge is 0.496 e. The SMILES string of the molecule is COc1cc2c(c(C)c1-c1ccoc1)C[C@H]1[C@@]2(C)[C@H](O)[C@@H]2OC[C@]3(C)[C@H](OC(C)=O)C[C@H](O)[C@@]1(C)[C@@H]23. The van der Waals surface area contributed by atoms with Gasteiger partial charge >= 0.3 is 5.97 Å². The summed E-state index contributed by atoms with van der Waals surface area (Å²) in [5, 5.41) is 23.8. The average molecular weight is 497 g/mol. The van der Waals surface area contributed by atoms with Gasteiger partial charge in [-0.25, -0.2) is 0 Å². The van der Waals surface area contributed by atoms with Crippen LogP contribution >= 0.6 is 0 Å². The Balaban J connectivity index is 1.53. The van der Waals surface area contributed by atoms with Gasteiger partial charge in [0.15, 0.2) is 0 Å². The van der Waals surface area contributed by atoms with Crippen molar-refractivity contribution in [2.24, 2.45) is 22.7 Å². The molecule has 9 atom stereocenters. The molecule has 3 fully saturated rings. The molecule has 0 unspecified atom stereocenters. The van der Waals surface area contributed by atoms with Crippen molar-refractivity contribution in [3.63, 3.8) is 0 Å². The van der Waals surface area contributed by atoms with E-state index in [2.05, 4.69) is 33.8 Å². The van der Waals surface area contributed by atoms with E-state index in [1.54, 1.807) is 19.6 Å². The van der Waals surface area contributed by atoms with Crippen molar-refractivity contribution < 1.29 is 33.6 Å². The van der Waals surface area contributed by atoms with Crippen LogP contribution in [-0.2, 0) is 26.1 Å². The lowest BCUT2D eigenvalue weighted by atomic mass is 9.41. The lowest BCUT2D eigenvalue weighted by molar-refractivity contribution is -0.236. The van der Waals surface area contributed by atoms with E-state index in [4.69, 9.17) is 18.6 Å². The molecule has 2 aromatic rings. The summed E-state index contributed by atoms with van der Waals surface area (Å²) in [4.78, 5) is 11.9. The van der Waals surface area contributed by atoms with E-state index in [1.807, 2.05) is 6.07 Å². The van der Waals surface area contributed by atoms with Crippen molar-refractivity contribution in [1.29, 1.82) is 0 Å². The highest BCUT2D eigenvalue weighted by Crippen LogP contribution is 2.70. The number of hydrogen-bond donors (Lipinski definition) is 2. The molecule has 36 heavy (non-hydrogen) atoms. The summed E-state index contributed by atoms with van der Waals surface area (Å²) >= 11 is 0. The van der Waals surface area contributed by atoms with Crippen LogP contribution in [0.2, 0.25) is 0 Å². The van der Waals surface area contributed by atoms with Gasteiger partial charge in [-0.3, -0.25) is 4.79 Å². The molecule has 6 rings (SSSR count). The summed E-state index contributed by atoms with van der Waals surface area (Å²) in [6.45, 7) is 10.3. The van der Waals surface area contributed by atoms with Gasteiger partial charge in [-0.1, -0.05) is 20.8 Å². The maximum Gasteiger partial charge on any atom is 0.302 e. The fraction of sp³-hybridized carbons (Fsp3) is 0.621. The number of aliphatic hydroxyl groups is 2. The molecular formula is C29H36O7. The van der Waals surface area contributed by atoms with E-state index < -0.39 is 40.7 Å². The van der Waals surface area contributed by atoms with Gasteiger partial charge in [0.1, 0.15) is 11.9 Å². The molecule has 0 radical (unpaired) electrons. The summed E-state index contributed by atoms with van der Waals surface area (Å²) in [6.07, 6.45) is 2.06. The molecule has 2 heterocycles. The molecule has 2 saturated carbocycles. The molecule has 0 spiro atoms. The van der Waals surface area contributed by atoms with E-state index in [0.717, 1.165) is 34.4 Å². The Labute approximate surface area is 211 Å². The molecule has 0 amide bonds. The van der Waals surface area contributed by atoms with Gasteiger partial charge in [0.25, 0.3) is 0 Å². The van der Waals surface area contributed by atoms with E-state index in [9.17, 15) is 15.0 Å². The first kappa shape index (κ1) is 24.0. The number of hydrogen-bond acceptors (Lipinski definition) is 7. The Morgan fingerprint density at radius 3 is 2.61 bits per heavy atom. The lowest BCUT2D eigenvalue weighted by Gasteiger charge is -2.64. The van der Waals surface area contributed by atoms with Crippen molar-refractivity contribution in [1.82, 2.24) is 0 Å². The van der Waals surface area contributed by atoms with Gasteiger partial charge in [-0.15, -0.1) is 0 Å². The Hall–Kier alpha value is -2.35. The minimum absolute atomic E-state index is 0.0337. The number of aliphatic hydroxyl groups excluding tert-OH is 2. The Kier molecular flexibility index (Phi) is 5.06. The van der Waals surface area contributed by atoms with Gasteiger partial charge in [-0.2, -0.15) is 0 Å². The van der Waals surface area contributed by atoms with Crippen LogP contribution in [0.25, 0.3) is 11.1 Å². The Morgan fingerprint density at radius 1 is 1.22 bits per heavy atom. The Morgan fingerprint density at radius 2 is 1.97 bits per heavy atom. The first-order valence-corrected chi connectivity index (χ1v) is 12.9. The number of methoxy groups -OCH3 is 1. The fourth-order valence-corrected chi connectivity index (χ4v) is 8.91. The van der Waals surface area contributed by atoms with E-state index in [0.29, 0.717) is 13.0 Å². The third-order valence-corrected chi connectivity index (χ3v) is 10.6. The summed E-state index contributed by atoms with van der Waals surface area (Å²) in [6, 6.07) is 4.00. The lowest BCUT2D eigenvalue weighted by Crippen LogP contribution is -2.71. The number of benzene rings is 1. The second-order valence-corrected chi connectivity index (χ2v) is 12.1. The summed E-state index contributed by atoms with van der Waals surface area (Å²) < 4.78 is 23.4. The van der Waals surface area contributed by atoms with Gasteiger partial charge in [0.2, 0.25) is 0 Å². The van der Waals surface area contributed by atoms with Crippen molar-refractivity contribution in [2.75, 3.05) is 13.7 Å². The van der Waals surface area contributed by atoms with Crippen molar-refractivity contribution in [3.05, 3.63) is 41.3 Å². The van der Waals surface area contributed by atoms with Crippen molar-refractivity contribution in [3.8, 4) is 16.9 Å². The molecule has 1 aromatic carbocycles. The van der Waals surface area contributed by atoms with Crippen LogP contribution in [0.3, 0.4) is 0 Å². The maximum absolute atomic E-state index is 12.0. The number of furan rings is 1. The monoisotopic (exact) mass is 496 g/mol. The highest BCUT2D eigenvalue weighted by molar-refractivity contribution is 5.77. The first-order chi connectivity index (χ1) is 17.0. The summed E-state index contributed by atoms with van der Waals surface area (Å²) in [5.74, 6) is 0.194. The van der Waals surface area contributed by atoms with Gasteiger partial charge < -0.3 is 28.8 Å². The zero-order valence-corrected chi connectivity index (χ0v) is 21.8. The van der Waals surface area contributed by atoms with Crippen LogP contribution in [0.5, 0.6) is 5.75 Å². The van der Waals surface area contributed by atoms with E-state index in [-0.39, 0.29) is 17.8 Å². The van der Waals surface area contributed by atoms with Crippen molar-refractivity contribution >= 4 is 5.97 Å². The van der Waals surface area contributed by atoms with Crippen molar-refractivity contribution in [2.45, 2.75) is 77.3 Å². The molecule has 1 aromatic heterocycles. The second kappa shape index (κ2) is 7.59. The molecule has 7 heteroatoms. The summed E-state index contributed by atoms with van der Waals surface area (Å²) in [5.41, 5.74) is 3.63. The van der Waals surface area contributed by atoms with Crippen LogP contribution in [0, 0.1) is 29.6 Å². The minimum atomic E-state index is -0.782. The third-order valence-electron chi connectivity index (χ3n) is 10.6. The normalized spacial score (nSPS) is 42.4. The minimum Gasteiger partial charge on any atom is -0.496 e. The third kappa shape index (κ3) is 2.71. The summed E-state index contributed by atoms with van der Waals surface area (Å²) in [7, 11) is 1.67. The number of rotatable bonds is 3. The van der Waals surface area contributed by atoms with Gasteiger partial charge in [0, 0.05) is 46.6 Å². The number of fused-ring (bicyclic) bond motifs is 4. The van der Waals surface area contributed by atoms with Crippen LogP contribution in [0.1, 0.15) is 50.8 Å². The van der Waals surface area contributed by atoms with Gasteiger partial charge in [0.05, 0.1) is 44.6 Å². The topological polar surface area (TPSA) is 98.4 Å². The molecule has 3 aliphatic carbocycles. The average Bonchev–Trinajstić information content (AvgIpc) is 3.54. The van der Waals surface area contributed by atoms with Crippen LogP contribution in [0.15, 0.2) is 29.1 Å². The maximum atomic E-state index is 12.0. The molecule has 2 N–H and O–H groups in total. The number of esters is 1. The predicted octanol–water partition coefficient (Wildman–Crippen LogP) is 3.79. The Bertz CT molecular complexity index is 1220. The molecule has 194 valence electrons. The molecule has 7 nitrogen and oxygen atoms in total. The number of ether oxygens (including phenoxy) is 3. The quantitative estimate of drug-likeness (QED) is 0.624. The predicted molar refractivity (Wildman–Crippen MR) is 132 cm³/mol. The zero-order valence-electron chi connectivity index (χ0n) is 21.8. The molecular weight excluding hydrogens is 460 g/mol. The molecule has 1 saturated heterocycles. The highest BCUT2D eigenvalue weighted by Gasteiger charge is 2.75. The van der Waals surface area contributed by atoms with Crippen LogP contribution in [0.4, 0.5) is 0 Å². The number of carbonyl (C=O) groups is 1.